The predicted octanol–water partition coefficient (Wildman–Crippen LogP) is 1.50. The molecule has 2 aromatic rings. The van der Waals surface area contributed by atoms with Gasteiger partial charge in [0.25, 0.3) is 0 Å². The molecule has 27 heavy (non-hydrogen) atoms. The van der Waals surface area contributed by atoms with Crippen molar-refractivity contribution in [3.63, 3.8) is 0 Å². The molecule has 3 rings (SSSR count). The van der Waals surface area contributed by atoms with E-state index < -0.39 is 47.8 Å². The van der Waals surface area contributed by atoms with E-state index in [-0.39, 0.29) is 34.2 Å². The molecule has 7 nitrogen and oxygen atoms in total. The van der Waals surface area contributed by atoms with E-state index >= 15 is 0 Å². The van der Waals surface area contributed by atoms with Gasteiger partial charge in [-0.3, -0.25) is 14.4 Å². The molecular formula is C20H16O7. The molecule has 1 atom stereocenters. The Morgan fingerprint density at radius 2 is 1.63 bits per heavy atom. The summed E-state index contributed by atoms with van der Waals surface area (Å²) >= 11 is 0. The summed E-state index contributed by atoms with van der Waals surface area (Å²) in [6, 6.07) is 7.07. The molecule has 1 unspecified atom stereocenters. The van der Waals surface area contributed by atoms with Crippen LogP contribution in [-0.2, 0) is 9.59 Å². The largest absolute Gasteiger partial charge is 0.507 e. The second-order valence-corrected chi connectivity index (χ2v) is 6.19. The van der Waals surface area contributed by atoms with Crippen molar-refractivity contribution in [2.75, 3.05) is 6.61 Å². The molecule has 0 saturated heterocycles. The second-order valence-electron chi connectivity index (χ2n) is 6.19. The normalized spacial score (nSPS) is 13.7. The van der Waals surface area contributed by atoms with Crippen LogP contribution in [0.25, 0.3) is 0 Å². The number of carbonyl (C=O) groups is 4. The molecule has 0 fully saturated rings. The van der Waals surface area contributed by atoms with Gasteiger partial charge in [-0.15, -0.1) is 0 Å². The van der Waals surface area contributed by atoms with Gasteiger partial charge in [-0.2, -0.15) is 0 Å². The number of benzene rings is 2. The first kappa shape index (κ1) is 18.5. The minimum absolute atomic E-state index is 0.0831. The van der Waals surface area contributed by atoms with Gasteiger partial charge in [0.2, 0.25) is 0 Å². The summed E-state index contributed by atoms with van der Waals surface area (Å²) in [5.74, 6) is -4.10. The molecule has 7 heteroatoms. The zero-order valence-electron chi connectivity index (χ0n) is 14.1. The third-order valence-corrected chi connectivity index (χ3v) is 4.65. The van der Waals surface area contributed by atoms with Gasteiger partial charge in [-0.25, -0.2) is 0 Å². The highest BCUT2D eigenvalue weighted by atomic mass is 16.3. The fourth-order valence-electron chi connectivity index (χ4n) is 3.39. The smallest absolute Gasteiger partial charge is 0.198 e. The third-order valence-electron chi connectivity index (χ3n) is 4.65. The van der Waals surface area contributed by atoms with E-state index in [1.54, 1.807) is 12.1 Å². The van der Waals surface area contributed by atoms with Gasteiger partial charge in [0.1, 0.15) is 23.6 Å². The highest BCUT2D eigenvalue weighted by Gasteiger charge is 2.37. The minimum Gasteiger partial charge on any atom is -0.507 e. The molecule has 0 aliphatic heterocycles. The maximum atomic E-state index is 12.8. The zero-order valence-corrected chi connectivity index (χ0v) is 14.1. The van der Waals surface area contributed by atoms with Crippen LogP contribution < -0.4 is 0 Å². The van der Waals surface area contributed by atoms with Crippen LogP contribution in [0.15, 0.2) is 30.3 Å². The lowest BCUT2D eigenvalue weighted by Crippen LogP contribution is -2.23. The molecule has 0 spiro atoms. The summed E-state index contributed by atoms with van der Waals surface area (Å²) in [6.45, 7) is -0.414. The molecule has 2 aromatic carbocycles. The number of aldehydes is 1. The second kappa shape index (κ2) is 7.13. The van der Waals surface area contributed by atoms with Gasteiger partial charge in [0, 0.05) is 29.2 Å². The topological polar surface area (TPSA) is 129 Å². The highest BCUT2D eigenvalue weighted by molar-refractivity contribution is 6.30. The van der Waals surface area contributed by atoms with Gasteiger partial charge in [0.15, 0.2) is 11.6 Å². The Morgan fingerprint density at radius 1 is 1.04 bits per heavy atom. The number of aromatic hydroxyl groups is 2. The van der Waals surface area contributed by atoms with Crippen molar-refractivity contribution in [1.82, 2.24) is 0 Å². The number of Topliss-reactive ketones (excluding diaryl/α,β-unsaturated/α-hetero) is 1. The van der Waals surface area contributed by atoms with Gasteiger partial charge in [-0.1, -0.05) is 24.3 Å². The van der Waals surface area contributed by atoms with Crippen molar-refractivity contribution in [3.05, 3.63) is 58.1 Å². The van der Waals surface area contributed by atoms with Crippen molar-refractivity contribution >= 4 is 23.6 Å². The lowest BCUT2D eigenvalue weighted by molar-refractivity contribution is -0.123. The maximum Gasteiger partial charge on any atom is 0.198 e. The van der Waals surface area contributed by atoms with E-state index in [9.17, 15) is 34.5 Å². The summed E-state index contributed by atoms with van der Waals surface area (Å²) in [5, 5.41) is 30.3. The number of aliphatic hydroxyl groups is 1. The number of carbonyl (C=O) groups excluding carboxylic acids is 4. The average molecular weight is 368 g/mol. The van der Waals surface area contributed by atoms with Crippen molar-refractivity contribution in [1.29, 1.82) is 0 Å². The van der Waals surface area contributed by atoms with E-state index in [1.165, 1.54) is 12.1 Å². The standard InChI is InChI=1S/C20H16O7/c21-7-5-10(14(23)6-8-22)13-9-15(24)16-17(20(13)27)19(26)12-4-2-1-3-11(12)18(16)25/h1-4,8-10,21,24,27H,5-7H2. The number of hydrogen-bond acceptors (Lipinski definition) is 7. The first-order valence-electron chi connectivity index (χ1n) is 8.26. The van der Waals surface area contributed by atoms with Crippen LogP contribution in [0, 0.1) is 0 Å². The number of rotatable bonds is 6. The Morgan fingerprint density at radius 3 is 2.19 bits per heavy atom. The number of phenols is 2. The van der Waals surface area contributed by atoms with E-state index in [2.05, 4.69) is 0 Å². The summed E-state index contributed by atoms with van der Waals surface area (Å²) < 4.78 is 0. The van der Waals surface area contributed by atoms with Crippen LogP contribution in [0.5, 0.6) is 11.5 Å². The predicted molar refractivity (Wildman–Crippen MR) is 93.2 cm³/mol. The molecule has 3 N–H and O–H groups in total. The first-order valence-corrected chi connectivity index (χ1v) is 8.26. The molecule has 0 bridgehead atoms. The Labute approximate surface area is 153 Å². The van der Waals surface area contributed by atoms with Gasteiger partial charge in [0.05, 0.1) is 17.5 Å². The molecule has 1 aliphatic rings. The van der Waals surface area contributed by atoms with E-state index in [4.69, 9.17) is 0 Å². The van der Waals surface area contributed by atoms with E-state index in [0.717, 1.165) is 6.07 Å². The summed E-state index contributed by atoms with van der Waals surface area (Å²) in [6.07, 6.45) is -0.165. The fraction of sp³-hybridized carbons (Fsp3) is 0.200. The number of ketones is 3. The lowest BCUT2D eigenvalue weighted by Gasteiger charge is -2.23. The monoisotopic (exact) mass is 368 g/mol. The molecule has 0 radical (unpaired) electrons. The Hall–Kier alpha value is -3.32. The summed E-state index contributed by atoms with van der Waals surface area (Å²) in [7, 11) is 0. The van der Waals surface area contributed by atoms with E-state index in [1.807, 2.05) is 0 Å². The van der Waals surface area contributed by atoms with Crippen LogP contribution in [0.1, 0.15) is 56.2 Å². The van der Waals surface area contributed by atoms with Crippen LogP contribution in [0.4, 0.5) is 0 Å². The zero-order chi connectivity index (χ0) is 19.7. The quantitative estimate of drug-likeness (QED) is 0.341. The van der Waals surface area contributed by atoms with Crippen molar-refractivity contribution in [2.45, 2.75) is 18.8 Å². The Kier molecular flexibility index (Phi) is 4.87. The molecule has 0 aromatic heterocycles. The van der Waals surface area contributed by atoms with Crippen LogP contribution >= 0.6 is 0 Å². The Bertz CT molecular complexity index is 975. The summed E-state index contributed by atoms with van der Waals surface area (Å²) in [4.78, 5) is 48.4. The van der Waals surface area contributed by atoms with Crippen molar-refractivity contribution in [3.8, 4) is 11.5 Å². The average Bonchev–Trinajstić information content (AvgIpc) is 2.66. The minimum atomic E-state index is -1.10. The molecule has 0 saturated carbocycles. The third kappa shape index (κ3) is 2.92. The van der Waals surface area contributed by atoms with E-state index in [0.29, 0.717) is 6.29 Å². The number of hydrogen-bond donors (Lipinski definition) is 3. The number of aliphatic hydroxyl groups excluding tert-OH is 1. The van der Waals surface area contributed by atoms with Gasteiger partial charge >= 0.3 is 0 Å². The maximum absolute atomic E-state index is 12.8. The molecule has 0 amide bonds. The number of fused-ring (bicyclic) bond motifs is 2. The fourth-order valence-corrected chi connectivity index (χ4v) is 3.39. The van der Waals surface area contributed by atoms with Crippen LogP contribution in [0.2, 0.25) is 0 Å². The summed E-state index contributed by atoms with van der Waals surface area (Å²) in [5.41, 5.74) is -0.616. The molecule has 1 aliphatic carbocycles. The molecule has 0 heterocycles. The molecular weight excluding hydrogens is 352 g/mol. The van der Waals surface area contributed by atoms with Gasteiger partial charge in [-0.05, 0) is 12.5 Å². The first-order chi connectivity index (χ1) is 12.9. The van der Waals surface area contributed by atoms with Crippen molar-refractivity contribution < 1.29 is 34.5 Å². The van der Waals surface area contributed by atoms with Crippen LogP contribution in [-0.4, -0.2) is 45.6 Å². The number of phenolic OH excluding ortho intramolecular Hbond substituents is 2. The van der Waals surface area contributed by atoms with Crippen molar-refractivity contribution in [2.24, 2.45) is 0 Å². The van der Waals surface area contributed by atoms with Gasteiger partial charge < -0.3 is 20.1 Å². The van der Waals surface area contributed by atoms with Crippen LogP contribution in [0.3, 0.4) is 0 Å². The molecule has 138 valence electrons. The Balaban J connectivity index is 2.23. The highest BCUT2D eigenvalue weighted by Crippen LogP contribution is 2.43. The SMILES string of the molecule is O=CCC(=O)C(CCO)c1cc(O)c2c(c1O)C(=O)c1ccccc1C2=O. The lowest BCUT2D eigenvalue weighted by atomic mass is 9.79.